The number of rotatable bonds is 6. The molecule has 0 bridgehead atoms. The van der Waals surface area contributed by atoms with Crippen LogP contribution in [0, 0.1) is 5.92 Å². The van der Waals surface area contributed by atoms with Gasteiger partial charge in [-0.3, -0.25) is 9.59 Å². The van der Waals surface area contributed by atoms with Gasteiger partial charge in [-0.1, -0.05) is 26.0 Å². The third-order valence-corrected chi connectivity index (χ3v) is 3.21. The molecule has 1 rings (SSSR count). The Hall–Kier alpha value is -1.88. The molecular formula is C16H25N3O2. The zero-order valence-corrected chi connectivity index (χ0v) is 13.2. The van der Waals surface area contributed by atoms with E-state index in [2.05, 4.69) is 5.32 Å². The van der Waals surface area contributed by atoms with Crippen LogP contribution in [0.25, 0.3) is 0 Å². The SMILES string of the molecule is CC(=O)N(C)Cc1cccc(NC(=O)C(N)CC(C)C)c1. The van der Waals surface area contributed by atoms with Gasteiger partial charge in [-0.25, -0.2) is 0 Å². The highest BCUT2D eigenvalue weighted by molar-refractivity contribution is 5.94. The summed E-state index contributed by atoms with van der Waals surface area (Å²) < 4.78 is 0. The van der Waals surface area contributed by atoms with Crippen LogP contribution in [0.2, 0.25) is 0 Å². The number of anilines is 1. The predicted molar refractivity (Wildman–Crippen MR) is 84.7 cm³/mol. The molecule has 0 aliphatic carbocycles. The third-order valence-electron chi connectivity index (χ3n) is 3.21. The maximum absolute atomic E-state index is 12.0. The average Bonchev–Trinajstić information content (AvgIpc) is 2.38. The van der Waals surface area contributed by atoms with Gasteiger partial charge in [-0.2, -0.15) is 0 Å². The van der Waals surface area contributed by atoms with Crippen LogP contribution in [0.4, 0.5) is 5.69 Å². The van der Waals surface area contributed by atoms with Gasteiger partial charge >= 0.3 is 0 Å². The zero-order chi connectivity index (χ0) is 16.0. The molecule has 0 radical (unpaired) electrons. The highest BCUT2D eigenvalue weighted by Crippen LogP contribution is 2.13. The topological polar surface area (TPSA) is 75.4 Å². The van der Waals surface area contributed by atoms with E-state index in [1.807, 2.05) is 38.1 Å². The summed E-state index contributed by atoms with van der Waals surface area (Å²) in [6.45, 7) is 6.10. The number of amides is 2. The molecule has 0 saturated heterocycles. The normalized spacial score (nSPS) is 12.1. The molecule has 0 fully saturated rings. The quantitative estimate of drug-likeness (QED) is 0.841. The van der Waals surface area contributed by atoms with Crippen molar-refractivity contribution in [3.8, 4) is 0 Å². The molecule has 0 aliphatic heterocycles. The second-order valence-corrected chi connectivity index (χ2v) is 5.80. The fraction of sp³-hybridized carbons (Fsp3) is 0.500. The van der Waals surface area contributed by atoms with Gasteiger partial charge in [0.15, 0.2) is 0 Å². The van der Waals surface area contributed by atoms with E-state index in [1.165, 1.54) is 6.92 Å². The standard InChI is InChI=1S/C16H25N3O2/c1-11(2)8-15(17)16(21)18-14-7-5-6-13(9-14)10-19(4)12(3)20/h5-7,9,11,15H,8,10,17H2,1-4H3,(H,18,21). The Bertz CT molecular complexity index is 500. The first-order valence-corrected chi connectivity index (χ1v) is 7.16. The van der Waals surface area contributed by atoms with Crippen molar-refractivity contribution in [3.05, 3.63) is 29.8 Å². The number of benzene rings is 1. The molecule has 5 nitrogen and oxygen atoms in total. The molecule has 0 heterocycles. The molecule has 1 unspecified atom stereocenters. The van der Waals surface area contributed by atoms with Crippen molar-refractivity contribution in [2.45, 2.75) is 39.8 Å². The second-order valence-electron chi connectivity index (χ2n) is 5.80. The monoisotopic (exact) mass is 291 g/mol. The molecule has 0 aromatic heterocycles. The predicted octanol–water partition coefficient (Wildman–Crippen LogP) is 1.98. The first-order chi connectivity index (χ1) is 9.79. The molecule has 1 aromatic rings. The molecule has 0 aliphatic rings. The van der Waals surface area contributed by atoms with Crippen LogP contribution in [-0.2, 0) is 16.1 Å². The van der Waals surface area contributed by atoms with E-state index in [1.54, 1.807) is 11.9 Å². The van der Waals surface area contributed by atoms with Crippen LogP contribution in [0.5, 0.6) is 0 Å². The van der Waals surface area contributed by atoms with Crippen LogP contribution < -0.4 is 11.1 Å². The Morgan fingerprint density at radius 1 is 1.33 bits per heavy atom. The van der Waals surface area contributed by atoms with Gasteiger partial charge in [0.1, 0.15) is 0 Å². The van der Waals surface area contributed by atoms with E-state index in [4.69, 9.17) is 5.73 Å². The minimum absolute atomic E-state index is 0.00314. The van der Waals surface area contributed by atoms with E-state index >= 15 is 0 Å². The molecule has 116 valence electrons. The number of carbonyl (C=O) groups excluding carboxylic acids is 2. The van der Waals surface area contributed by atoms with Gasteiger partial charge in [0, 0.05) is 26.2 Å². The minimum Gasteiger partial charge on any atom is -0.342 e. The molecule has 21 heavy (non-hydrogen) atoms. The van der Waals surface area contributed by atoms with Gasteiger partial charge in [-0.05, 0) is 30.0 Å². The van der Waals surface area contributed by atoms with Crippen LogP contribution in [0.3, 0.4) is 0 Å². The van der Waals surface area contributed by atoms with E-state index in [0.717, 1.165) is 5.56 Å². The number of hydrogen-bond acceptors (Lipinski definition) is 3. The number of hydrogen-bond donors (Lipinski definition) is 2. The Morgan fingerprint density at radius 2 is 2.00 bits per heavy atom. The Labute approximate surface area is 126 Å². The van der Waals surface area contributed by atoms with Crippen LogP contribution >= 0.6 is 0 Å². The number of nitrogens with one attached hydrogen (secondary N) is 1. The maximum Gasteiger partial charge on any atom is 0.241 e. The van der Waals surface area contributed by atoms with Crippen molar-refractivity contribution in [1.29, 1.82) is 0 Å². The summed E-state index contributed by atoms with van der Waals surface area (Å²) in [6, 6.07) is 6.95. The van der Waals surface area contributed by atoms with Crippen molar-refractivity contribution < 1.29 is 9.59 Å². The van der Waals surface area contributed by atoms with Gasteiger partial charge < -0.3 is 16.0 Å². The van der Waals surface area contributed by atoms with Crippen molar-refractivity contribution in [1.82, 2.24) is 4.90 Å². The average molecular weight is 291 g/mol. The summed E-state index contributed by atoms with van der Waals surface area (Å²) in [6.07, 6.45) is 0.651. The van der Waals surface area contributed by atoms with E-state index in [9.17, 15) is 9.59 Å². The summed E-state index contributed by atoms with van der Waals surface area (Å²) >= 11 is 0. The third kappa shape index (κ3) is 5.95. The van der Waals surface area contributed by atoms with Crippen LogP contribution in [0.15, 0.2) is 24.3 Å². The largest absolute Gasteiger partial charge is 0.342 e. The molecule has 3 N–H and O–H groups in total. The van der Waals surface area contributed by atoms with Crippen molar-refractivity contribution in [2.24, 2.45) is 11.7 Å². The smallest absolute Gasteiger partial charge is 0.241 e. The van der Waals surface area contributed by atoms with Gasteiger partial charge in [0.25, 0.3) is 0 Å². The summed E-state index contributed by atoms with van der Waals surface area (Å²) in [5.41, 5.74) is 7.52. The Balaban J connectivity index is 2.68. The number of nitrogens with two attached hydrogens (primary N) is 1. The minimum atomic E-state index is -0.506. The summed E-state index contributed by atoms with van der Waals surface area (Å²) in [4.78, 5) is 24.8. The number of carbonyl (C=O) groups is 2. The highest BCUT2D eigenvalue weighted by Gasteiger charge is 2.15. The first kappa shape index (κ1) is 17.2. The molecule has 1 aromatic carbocycles. The first-order valence-electron chi connectivity index (χ1n) is 7.16. The highest BCUT2D eigenvalue weighted by atomic mass is 16.2. The lowest BCUT2D eigenvalue weighted by molar-refractivity contribution is -0.128. The van der Waals surface area contributed by atoms with Crippen molar-refractivity contribution in [2.75, 3.05) is 12.4 Å². The Kier molecular flexibility index (Phi) is 6.37. The van der Waals surface area contributed by atoms with E-state index in [-0.39, 0.29) is 11.8 Å². The fourth-order valence-corrected chi connectivity index (χ4v) is 1.98. The van der Waals surface area contributed by atoms with Crippen molar-refractivity contribution in [3.63, 3.8) is 0 Å². The van der Waals surface area contributed by atoms with Gasteiger partial charge in [-0.15, -0.1) is 0 Å². The molecule has 0 saturated carbocycles. The van der Waals surface area contributed by atoms with Gasteiger partial charge in [0.2, 0.25) is 11.8 Å². The maximum atomic E-state index is 12.0. The second kappa shape index (κ2) is 7.78. The molecule has 5 heteroatoms. The Morgan fingerprint density at radius 3 is 2.57 bits per heavy atom. The lowest BCUT2D eigenvalue weighted by atomic mass is 10.0. The molecule has 1 atom stereocenters. The molecule has 2 amide bonds. The van der Waals surface area contributed by atoms with Gasteiger partial charge in [0.05, 0.1) is 6.04 Å². The lowest BCUT2D eigenvalue weighted by Crippen LogP contribution is -2.36. The summed E-state index contributed by atoms with van der Waals surface area (Å²) in [5.74, 6) is 0.200. The number of nitrogens with zero attached hydrogens (tertiary/aromatic N) is 1. The zero-order valence-electron chi connectivity index (χ0n) is 13.2. The molecule has 0 spiro atoms. The molecular weight excluding hydrogens is 266 g/mol. The summed E-state index contributed by atoms with van der Waals surface area (Å²) in [7, 11) is 1.74. The van der Waals surface area contributed by atoms with E-state index < -0.39 is 6.04 Å². The van der Waals surface area contributed by atoms with Crippen LogP contribution in [-0.4, -0.2) is 29.8 Å². The lowest BCUT2D eigenvalue weighted by Gasteiger charge is -2.17. The van der Waals surface area contributed by atoms with E-state index in [0.29, 0.717) is 24.6 Å². The summed E-state index contributed by atoms with van der Waals surface area (Å²) in [5, 5.41) is 2.82. The van der Waals surface area contributed by atoms with Crippen LogP contribution in [0.1, 0.15) is 32.8 Å². The van der Waals surface area contributed by atoms with Crippen molar-refractivity contribution >= 4 is 17.5 Å². The fourth-order valence-electron chi connectivity index (χ4n) is 1.98.